The second kappa shape index (κ2) is 10.5. The van der Waals surface area contributed by atoms with Gasteiger partial charge in [-0.1, -0.05) is 48.3 Å². The van der Waals surface area contributed by atoms with Gasteiger partial charge in [-0.25, -0.2) is 0 Å². The van der Waals surface area contributed by atoms with Gasteiger partial charge in [-0.15, -0.1) is 10.2 Å². The highest BCUT2D eigenvalue weighted by molar-refractivity contribution is 8.00. The lowest BCUT2D eigenvalue weighted by molar-refractivity contribution is -0.115. The molecule has 1 atom stereocenters. The number of aromatic nitrogens is 3. The van der Waals surface area contributed by atoms with Crippen molar-refractivity contribution in [3.63, 3.8) is 0 Å². The zero-order chi connectivity index (χ0) is 23.4. The number of rotatable bonds is 8. The number of halogens is 1. The zero-order valence-electron chi connectivity index (χ0n) is 18.9. The Morgan fingerprint density at radius 2 is 1.91 bits per heavy atom. The summed E-state index contributed by atoms with van der Waals surface area (Å²) < 4.78 is 12.8. The summed E-state index contributed by atoms with van der Waals surface area (Å²) in [7, 11) is 3.15. The molecule has 1 aliphatic rings. The lowest BCUT2D eigenvalue weighted by Crippen LogP contribution is -2.23. The molecule has 2 aromatic carbocycles. The van der Waals surface area contributed by atoms with Gasteiger partial charge < -0.3 is 14.8 Å². The highest BCUT2D eigenvalue weighted by Gasteiger charge is 2.28. The van der Waals surface area contributed by atoms with E-state index in [-0.39, 0.29) is 5.91 Å². The molecule has 0 bridgehead atoms. The molecule has 1 N–H and O–H groups in total. The smallest absolute Gasteiger partial charge is 0.237 e. The van der Waals surface area contributed by atoms with E-state index in [1.807, 2.05) is 31.2 Å². The molecule has 1 aliphatic carbocycles. The van der Waals surface area contributed by atoms with Gasteiger partial charge in [0.25, 0.3) is 0 Å². The molecule has 7 nitrogen and oxygen atoms in total. The van der Waals surface area contributed by atoms with Crippen molar-refractivity contribution in [2.75, 3.05) is 19.5 Å². The topological polar surface area (TPSA) is 78.3 Å². The molecule has 174 valence electrons. The minimum atomic E-state index is -0.413. The summed E-state index contributed by atoms with van der Waals surface area (Å²) >= 11 is 7.86. The van der Waals surface area contributed by atoms with E-state index in [4.69, 9.17) is 21.1 Å². The van der Waals surface area contributed by atoms with Crippen molar-refractivity contribution in [1.29, 1.82) is 0 Å². The van der Waals surface area contributed by atoms with Gasteiger partial charge in [0.15, 0.2) is 11.0 Å². The Morgan fingerprint density at radius 1 is 1.15 bits per heavy atom. The van der Waals surface area contributed by atoms with E-state index in [2.05, 4.69) is 20.1 Å². The number of benzene rings is 2. The largest absolute Gasteiger partial charge is 0.497 e. The van der Waals surface area contributed by atoms with Crippen molar-refractivity contribution in [3.05, 3.63) is 47.5 Å². The van der Waals surface area contributed by atoms with Gasteiger partial charge >= 0.3 is 0 Å². The number of thioether (sulfide) groups is 1. The third-order valence-corrected chi connectivity index (χ3v) is 7.17. The van der Waals surface area contributed by atoms with E-state index in [9.17, 15) is 4.79 Å². The van der Waals surface area contributed by atoms with Crippen LogP contribution in [-0.2, 0) is 4.79 Å². The fourth-order valence-electron chi connectivity index (χ4n) is 4.03. The maximum Gasteiger partial charge on any atom is 0.237 e. The van der Waals surface area contributed by atoms with Crippen LogP contribution in [0.15, 0.2) is 47.6 Å². The van der Waals surface area contributed by atoms with Crippen LogP contribution in [0.25, 0.3) is 11.4 Å². The second-order valence-corrected chi connectivity index (χ2v) is 9.63. The Labute approximate surface area is 202 Å². The summed E-state index contributed by atoms with van der Waals surface area (Å²) in [4.78, 5) is 13.0. The van der Waals surface area contributed by atoms with Gasteiger partial charge in [-0.3, -0.25) is 9.36 Å². The normalized spacial score (nSPS) is 14.8. The number of ether oxygens (including phenoxy) is 2. The monoisotopic (exact) mass is 486 g/mol. The summed E-state index contributed by atoms with van der Waals surface area (Å²) in [5.74, 6) is 1.79. The minimum absolute atomic E-state index is 0.160. The first kappa shape index (κ1) is 23.4. The second-order valence-electron chi connectivity index (χ2n) is 7.91. The first-order valence-corrected chi connectivity index (χ1v) is 12.2. The van der Waals surface area contributed by atoms with E-state index in [1.54, 1.807) is 32.4 Å². The molecule has 33 heavy (non-hydrogen) atoms. The van der Waals surface area contributed by atoms with Crippen LogP contribution in [0.4, 0.5) is 5.69 Å². The summed E-state index contributed by atoms with van der Waals surface area (Å²) in [5.41, 5.74) is 1.41. The predicted octanol–water partition coefficient (Wildman–Crippen LogP) is 5.85. The fraction of sp³-hybridized carbons (Fsp3) is 0.375. The number of carbonyl (C=O) groups is 1. The van der Waals surface area contributed by atoms with Crippen LogP contribution in [-0.4, -0.2) is 40.1 Å². The predicted molar refractivity (Wildman–Crippen MR) is 131 cm³/mol. The molecule has 1 fully saturated rings. The van der Waals surface area contributed by atoms with E-state index >= 15 is 0 Å². The average molecular weight is 487 g/mol. The van der Waals surface area contributed by atoms with E-state index in [1.165, 1.54) is 24.6 Å². The number of nitrogens with zero attached hydrogens (tertiary/aromatic N) is 3. The number of hydrogen-bond acceptors (Lipinski definition) is 6. The van der Waals surface area contributed by atoms with Crippen molar-refractivity contribution < 1.29 is 14.3 Å². The maximum atomic E-state index is 13.0. The van der Waals surface area contributed by atoms with Crippen molar-refractivity contribution in [3.8, 4) is 22.9 Å². The quantitative estimate of drug-likeness (QED) is 0.402. The van der Waals surface area contributed by atoms with Gasteiger partial charge in [0, 0.05) is 17.7 Å². The van der Waals surface area contributed by atoms with Gasteiger partial charge in [-0.05, 0) is 44.0 Å². The molecule has 1 saturated carbocycles. The van der Waals surface area contributed by atoms with Crippen molar-refractivity contribution in [2.45, 2.75) is 49.1 Å². The molecule has 0 aliphatic heterocycles. The number of methoxy groups -OCH3 is 2. The summed E-state index contributed by atoms with van der Waals surface area (Å²) in [6, 6.07) is 13.2. The third-order valence-electron chi connectivity index (χ3n) is 5.79. The Hall–Kier alpha value is -2.71. The van der Waals surface area contributed by atoms with Crippen LogP contribution < -0.4 is 14.8 Å². The van der Waals surface area contributed by atoms with Crippen LogP contribution in [0.5, 0.6) is 11.5 Å². The van der Waals surface area contributed by atoms with E-state index < -0.39 is 5.25 Å². The fourth-order valence-corrected chi connectivity index (χ4v) is 5.17. The first-order chi connectivity index (χ1) is 16.0. The molecule has 0 radical (unpaired) electrons. The Kier molecular flexibility index (Phi) is 7.45. The maximum absolute atomic E-state index is 13.0. The van der Waals surface area contributed by atoms with Crippen molar-refractivity contribution in [2.24, 2.45) is 0 Å². The first-order valence-electron chi connectivity index (χ1n) is 10.9. The summed E-state index contributed by atoms with van der Waals surface area (Å²) in [6.45, 7) is 1.86. The molecule has 1 unspecified atom stereocenters. The highest BCUT2D eigenvalue weighted by atomic mass is 35.5. The molecule has 9 heteroatoms. The van der Waals surface area contributed by atoms with E-state index in [0.29, 0.717) is 28.3 Å². The Balaban J connectivity index is 1.59. The summed E-state index contributed by atoms with van der Waals surface area (Å²) in [5, 5.41) is 12.8. The van der Waals surface area contributed by atoms with Crippen LogP contribution >= 0.6 is 23.4 Å². The molecule has 0 saturated heterocycles. The Morgan fingerprint density at radius 3 is 2.61 bits per heavy atom. The van der Waals surface area contributed by atoms with Gasteiger partial charge in [0.1, 0.15) is 11.5 Å². The lowest BCUT2D eigenvalue weighted by atomic mass is 10.2. The van der Waals surface area contributed by atoms with Crippen LogP contribution in [0.3, 0.4) is 0 Å². The molecule has 1 amide bonds. The number of hydrogen-bond donors (Lipinski definition) is 1. The van der Waals surface area contributed by atoms with Crippen LogP contribution in [0, 0.1) is 0 Å². The van der Waals surface area contributed by atoms with Gasteiger partial charge in [0.2, 0.25) is 5.91 Å². The number of amides is 1. The lowest BCUT2D eigenvalue weighted by Gasteiger charge is -2.19. The number of anilines is 1. The van der Waals surface area contributed by atoms with Crippen LogP contribution in [0.1, 0.15) is 38.6 Å². The molecule has 3 aromatic rings. The molecular formula is C24H27ClN4O3S. The SMILES string of the molecule is COc1ccc(OC)c(NC(=O)C(C)Sc2nnc(-c3ccccc3Cl)n2C2CCCC2)c1. The number of nitrogens with one attached hydrogen (secondary N) is 1. The van der Waals surface area contributed by atoms with Crippen molar-refractivity contribution >= 4 is 35.0 Å². The molecule has 1 heterocycles. The Bertz CT molecular complexity index is 1130. The molecule has 0 spiro atoms. The molecular weight excluding hydrogens is 460 g/mol. The van der Waals surface area contributed by atoms with Gasteiger partial charge in [-0.2, -0.15) is 0 Å². The van der Waals surface area contributed by atoms with Crippen LogP contribution in [0.2, 0.25) is 5.02 Å². The molecule has 4 rings (SSSR count). The number of carbonyl (C=O) groups excluding carboxylic acids is 1. The van der Waals surface area contributed by atoms with Crippen molar-refractivity contribution in [1.82, 2.24) is 14.8 Å². The average Bonchev–Trinajstić information content (AvgIpc) is 3.49. The third kappa shape index (κ3) is 5.12. The molecule has 1 aromatic heterocycles. The zero-order valence-corrected chi connectivity index (χ0v) is 20.4. The standard InChI is InChI=1S/C24H27ClN4O3S/c1-15(23(30)26-20-14-17(31-2)12-13-21(20)32-3)33-24-28-27-22(18-10-6-7-11-19(18)25)29(24)16-8-4-5-9-16/h6-7,10-16H,4-5,8-9H2,1-3H3,(H,26,30). The minimum Gasteiger partial charge on any atom is -0.497 e. The summed E-state index contributed by atoms with van der Waals surface area (Å²) in [6.07, 6.45) is 4.45. The van der Waals surface area contributed by atoms with E-state index in [0.717, 1.165) is 29.4 Å². The van der Waals surface area contributed by atoms with Gasteiger partial charge in [0.05, 0.1) is 30.2 Å². The highest BCUT2D eigenvalue weighted by Crippen LogP contribution is 2.39.